The Balaban J connectivity index is 1.88. The summed E-state index contributed by atoms with van der Waals surface area (Å²) in [7, 11) is 1.54. The van der Waals surface area contributed by atoms with Crippen molar-refractivity contribution in [3.63, 3.8) is 0 Å². The van der Waals surface area contributed by atoms with Crippen LogP contribution in [-0.2, 0) is 12.6 Å². The molecule has 0 saturated carbocycles. The first-order valence-electron chi connectivity index (χ1n) is 9.87. The summed E-state index contributed by atoms with van der Waals surface area (Å²) in [6.45, 7) is 2.11. The third kappa shape index (κ3) is 6.17. The number of alkyl halides is 3. The number of halogens is 3. The van der Waals surface area contributed by atoms with Crippen molar-refractivity contribution < 1.29 is 17.9 Å². The number of rotatable bonds is 3. The Kier molecular flexibility index (Phi) is 7.06. The number of methoxy groups -OCH3 is 1. The molecule has 0 aliphatic rings. The molecule has 0 aliphatic carbocycles. The third-order valence-electron chi connectivity index (χ3n) is 4.60. The molecular formula is C27H21F3O. The zero-order valence-electron chi connectivity index (χ0n) is 17.3. The molecule has 156 valence electrons. The number of ether oxygens (including phenoxy) is 1. The van der Waals surface area contributed by atoms with Gasteiger partial charge in [0.15, 0.2) is 0 Å². The molecule has 1 nitrogen and oxygen atoms in total. The van der Waals surface area contributed by atoms with Crippen molar-refractivity contribution in [1.29, 1.82) is 0 Å². The van der Waals surface area contributed by atoms with Gasteiger partial charge in [0.05, 0.1) is 12.7 Å². The first-order valence-corrected chi connectivity index (χ1v) is 9.87. The van der Waals surface area contributed by atoms with E-state index in [0.717, 1.165) is 24.5 Å². The monoisotopic (exact) mass is 418 g/mol. The molecular weight excluding hydrogens is 397 g/mol. The van der Waals surface area contributed by atoms with E-state index in [9.17, 15) is 13.2 Å². The highest BCUT2D eigenvalue weighted by Gasteiger charge is 2.33. The summed E-state index contributed by atoms with van der Waals surface area (Å²) in [5, 5.41) is 0. The lowest BCUT2D eigenvalue weighted by Crippen LogP contribution is -2.08. The fourth-order valence-electron chi connectivity index (χ4n) is 2.97. The molecule has 0 amide bonds. The van der Waals surface area contributed by atoms with E-state index in [0.29, 0.717) is 16.9 Å². The van der Waals surface area contributed by atoms with Gasteiger partial charge in [0.25, 0.3) is 0 Å². The van der Waals surface area contributed by atoms with Crippen LogP contribution in [0.1, 0.15) is 46.7 Å². The van der Waals surface area contributed by atoms with Crippen LogP contribution in [0.25, 0.3) is 0 Å². The van der Waals surface area contributed by atoms with Crippen molar-refractivity contribution in [3.8, 4) is 29.4 Å². The van der Waals surface area contributed by atoms with Crippen molar-refractivity contribution in [2.75, 3.05) is 7.11 Å². The minimum atomic E-state index is -4.52. The minimum absolute atomic E-state index is 0.0854. The molecule has 3 aromatic rings. The molecule has 0 N–H and O–H groups in total. The Hall–Kier alpha value is -3.63. The van der Waals surface area contributed by atoms with E-state index in [4.69, 9.17) is 4.74 Å². The van der Waals surface area contributed by atoms with Gasteiger partial charge in [0, 0.05) is 22.3 Å². The molecule has 0 saturated heterocycles. The summed E-state index contributed by atoms with van der Waals surface area (Å²) < 4.78 is 45.9. The lowest BCUT2D eigenvalue weighted by Gasteiger charge is -2.09. The molecule has 0 radical (unpaired) electrons. The van der Waals surface area contributed by atoms with Crippen LogP contribution in [0.2, 0.25) is 0 Å². The Labute approximate surface area is 180 Å². The predicted octanol–water partition coefficient (Wildman–Crippen LogP) is 6.47. The number of hydrogen-bond acceptors (Lipinski definition) is 1. The molecule has 3 rings (SSSR count). The number of aryl methyl sites for hydroxylation is 1. The van der Waals surface area contributed by atoms with Gasteiger partial charge in [0.2, 0.25) is 0 Å². The zero-order valence-corrected chi connectivity index (χ0v) is 17.3. The van der Waals surface area contributed by atoms with Crippen LogP contribution < -0.4 is 4.74 Å². The van der Waals surface area contributed by atoms with Crippen molar-refractivity contribution >= 4 is 0 Å². The molecule has 0 unspecified atom stereocenters. The van der Waals surface area contributed by atoms with Gasteiger partial charge in [-0.25, -0.2) is 0 Å². The summed E-state index contributed by atoms with van der Waals surface area (Å²) in [6.07, 6.45) is -2.48. The average Bonchev–Trinajstić information content (AvgIpc) is 2.77. The molecule has 0 aliphatic heterocycles. The van der Waals surface area contributed by atoms with Crippen LogP contribution in [-0.4, -0.2) is 7.11 Å². The lowest BCUT2D eigenvalue weighted by molar-refractivity contribution is -0.137. The predicted molar refractivity (Wildman–Crippen MR) is 117 cm³/mol. The highest BCUT2D eigenvalue weighted by Crippen LogP contribution is 2.32. The van der Waals surface area contributed by atoms with Crippen LogP contribution in [0.4, 0.5) is 13.2 Å². The van der Waals surface area contributed by atoms with Gasteiger partial charge in [0.1, 0.15) is 5.75 Å². The Morgan fingerprint density at radius 2 is 1.29 bits per heavy atom. The first-order chi connectivity index (χ1) is 14.9. The van der Waals surface area contributed by atoms with Crippen LogP contribution in [0, 0.1) is 23.7 Å². The second kappa shape index (κ2) is 9.92. The van der Waals surface area contributed by atoms with E-state index in [1.165, 1.54) is 11.6 Å². The van der Waals surface area contributed by atoms with Crippen LogP contribution >= 0.6 is 0 Å². The maximum absolute atomic E-state index is 13.6. The van der Waals surface area contributed by atoms with E-state index >= 15 is 0 Å². The maximum Gasteiger partial charge on any atom is 0.417 e. The van der Waals surface area contributed by atoms with Crippen LogP contribution in [0.15, 0.2) is 66.7 Å². The van der Waals surface area contributed by atoms with E-state index in [-0.39, 0.29) is 5.56 Å². The Morgan fingerprint density at radius 3 is 1.87 bits per heavy atom. The second-order valence-corrected chi connectivity index (χ2v) is 6.93. The van der Waals surface area contributed by atoms with E-state index in [2.05, 4.69) is 30.6 Å². The molecule has 31 heavy (non-hydrogen) atoms. The number of hydrogen-bond donors (Lipinski definition) is 0. The molecule has 4 heteroatoms. The van der Waals surface area contributed by atoms with Crippen LogP contribution in [0.3, 0.4) is 0 Å². The standard InChI is InChI=1S/C27H21F3O/c1-3-4-20-5-7-21(8-6-20)9-10-23-12-16-24(26(19-23)27(28,29)30)15-11-22-13-17-25(31-2)18-14-22/h5-8,12-14,16-19H,3-4H2,1-2H3. The molecule has 0 aromatic heterocycles. The first kappa shape index (κ1) is 22.1. The van der Waals surface area contributed by atoms with Gasteiger partial charge in [-0.1, -0.05) is 49.2 Å². The zero-order chi connectivity index (χ0) is 22.3. The summed E-state index contributed by atoms with van der Waals surface area (Å²) in [5.74, 6) is 11.8. The summed E-state index contributed by atoms with van der Waals surface area (Å²) >= 11 is 0. The van der Waals surface area contributed by atoms with Gasteiger partial charge >= 0.3 is 6.18 Å². The minimum Gasteiger partial charge on any atom is -0.497 e. The molecule has 3 aromatic carbocycles. The lowest BCUT2D eigenvalue weighted by atomic mass is 10.0. The summed E-state index contributed by atoms with van der Waals surface area (Å²) in [5.41, 5.74) is 1.99. The van der Waals surface area contributed by atoms with Crippen molar-refractivity contribution in [2.24, 2.45) is 0 Å². The second-order valence-electron chi connectivity index (χ2n) is 6.93. The molecule has 0 heterocycles. The van der Waals surface area contributed by atoms with Gasteiger partial charge < -0.3 is 4.74 Å². The highest BCUT2D eigenvalue weighted by molar-refractivity contribution is 5.53. The normalized spacial score (nSPS) is 10.5. The number of benzene rings is 3. The maximum atomic E-state index is 13.6. The Morgan fingerprint density at radius 1 is 0.742 bits per heavy atom. The van der Waals surface area contributed by atoms with Crippen LogP contribution in [0.5, 0.6) is 5.75 Å². The fourth-order valence-corrected chi connectivity index (χ4v) is 2.97. The average molecular weight is 418 g/mol. The van der Waals surface area contributed by atoms with E-state index in [1.807, 2.05) is 24.3 Å². The quantitative estimate of drug-likeness (QED) is 0.443. The SMILES string of the molecule is CCCc1ccc(C#Cc2ccc(C#Cc3ccc(OC)cc3)c(C(F)(F)F)c2)cc1. The summed E-state index contributed by atoms with van der Waals surface area (Å²) in [6, 6.07) is 18.6. The summed E-state index contributed by atoms with van der Waals surface area (Å²) in [4.78, 5) is 0. The van der Waals surface area contributed by atoms with Gasteiger partial charge in [-0.3, -0.25) is 0 Å². The Bertz CT molecular complexity index is 1150. The van der Waals surface area contributed by atoms with Crippen molar-refractivity contribution in [1.82, 2.24) is 0 Å². The molecule has 0 spiro atoms. The van der Waals surface area contributed by atoms with Gasteiger partial charge in [-0.2, -0.15) is 13.2 Å². The third-order valence-corrected chi connectivity index (χ3v) is 4.60. The molecule has 0 fully saturated rings. The molecule has 0 bridgehead atoms. The van der Waals surface area contributed by atoms with Crippen molar-refractivity contribution in [2.45, 2.75) is 25.9 Å². The van der Waals surface area contributed by atoms with Gasteiger partial charge in [-0.15, -0.1) is 0 Å². The highest BCUT2D eigenvalue weighted by atomic mass is 19.4. The van der Waals surface area contributed by atoms with Crippen molar-refractivity contribution in [3.05, 3.63) is 100 Å². The largest absolute Gasteiger partial charge is 0.497 e. The van der Waals surface area contributed by atoms with E-state index < -0.39 is 11.7 Å². The van der Waals surface area contributed by atoms with Gasteiger partial charge in [-0.05, 0) is 66.6 Å². The van der Waals surface area contributed by atoms with E-state index in [1.54, 1.807) is 37.4 Å². The fraction of sp³-hybridized carbons (Fsp3) is 0.185. The topological polar surface area (TPSA) is 9.23 Å². The smallest absolute Gasteiger partial charge is 0.417 e. The molecule has 0 atom stereocenters.